The highest BCUT2D eigenvalue weighted by Gasteiger charge is 2.15. The molecule has 1 heterocycles. The van der Waals surface area contributed by atoms with Gasteiger partial charge in [-0.3, -0.25) is 9.59 Å². The van der Waals surface area contributed by atoms with Crippen LogP contribution in [0.5, 0.6) is 0 Å². The molecule has 4 rings (SSSR count). The van der Waals surface area contributed by atoms with E-state index in [0.29, 0.717) is 23.4 Å². The molecule has 0 aliphatic rings. The Balaban J connectivity index is 1.71. The van der Waals surface area contributed by atoms with Crippen molar-refractivity contribution in [3.63, 3.8) is 0 Å². The average molecular weight is 413 g/mol. The molecule has 6 heteroatoms. The lowest BCUT2D eigenvalue weighted by Gasteiger charge is -2.12. The van der Waals surface area contributed by atoms with Gasteiger partial charge in [-0.25, -0.2) is 0 Å². The summed E-state index contributed by atoms with van der Waals surface area (Å²) in [7, 11) is 1.34. The first-order valence-electron chi connectivity index (χ1n) is 9.95. The Hall–Kier alpha value is -3.90. The van der Waals surface area contributed by atoms with Crippen LogP contribution in [0.4, 0.5) is 5.69 Å². The number of rotatable bonds is 6. The molecule has 0 atom stereocenters. The highest BCUT2D eigenvalue weighted by atomic mass is 16.5. The van der Waals surface area contributed by atoms with Gasteiger partial charge in [0.15, 0.2) is 0 Å². The number of ether oxygens (including phenoxy) is 1. The molecule has 6 nitrogen and oxygen atoms in total. The van der Waals surface area contributed by atoms with Crippen LogP contribution in [0, 0.1) is 0 Å². The molecule has 0 aliphatic heterocycles. The summed E-state index contributed by atoms with van der Waals surface area (Å²) in [6, 6.07) is 20.9. The average Bonchev–Trinajstić information content (AvgIpc) is 3.28. The van der Waals surface area contributed by atoms with E-state index >= 15 is 0 Å². The van der Waals surface area contributed by atoms with Crippen molar-refractivity contribution in [2.24, 2.45) is 5.73 Å². The summed E-state index contributed by atoms with van der Waals surface area (Å²) in [5.74, 6) is -0.623. The Labute approximate surface area is 180 Å². The first-order chi connectivity index (χ1) is 15.1. The molecule has 0 unspecified atom stereocenters. The maximum absolute atomic E-state index is 13.1. The molecule has 0 saturated carbocycles. The van der Waals surface area contributed by atoms with Gasteiger partial charge in [0.25, 0.3) is 5.91 Å². The van der Waals surface area contributed by atoms with Crippen LogP contribution in [0.15, 0.2) is 72.9 Å². The van der Waals surface area contributed by atoms with Gasteiger partial charge in [-0.2, -0.15) is 0 Å². The van der Waals surface area contributed by atoms with Gasteiger partial charge in [0, 0.05) is 34.9 Å². The fraction of sp³-hybridized carbons (Fsp3) is 0.120. The van der Waals surface area contributed by atoms with E-state index in [0.717, 1.165) is 27.6 Å². The first-order valence-corrected chi connectivity index (χ1v) is 9.95. The van der Waals surface area contributed by atoms with Crippen molar-refractivity contribution in [3.8, 4) is 11.1 Å². The number of para-hydroxylation sites is 1. The highest BCUT2D eigenvalue weighted by molar-refractivity contribution is 6.09. The third-order valence-corrected chi connectivity index (χ3v) is 5.23. The summed E-state index contributed by atoms with van der Waals surface area (Å²) in [6.45, 7) is 0.446. The minimum absolute atomic E-state index is 0.0831. The fourth-order valence-corrected chi connectivity index (χ4v) is 3.62. The Morgan fingerprint density at radius 2 is 1.87 bits per heavy atom. The number of amides is 1. The summed E-state index contributed by atoms with van der Waals surface area (Å²) in [6.07, 6.45) is 1.94. The first kappa shape index (κ1) is 20.4. The number of aromatic nitrogens is 1. The molecule has 156 valence electrons. The maximum atomic E-state index is 13.1. The summed E-state index contributed by atoms with van der Waals surface area (Å²) >= 11 is 0. The van der Waals surface area contributed by atoms with Gasteiger partial charge in [-0.05, 0) is 52.6 Å². The quantitative estimate of drug-likeness (QED) is 0.412. The molecule has 1 amide bonds. The van der Waals surface area contributed by atoms with Crippen LogP contribution < -0.4 is 11.1 Å². The van der Waals surface area contributed by atoms with Gasteiger partial charge in [-0.15, -0.1) is 0 Å². The molecular weight excluding hydrogens is 390 g/mol. The second-order valence-corrected chi connectivity index (χ2v) is 7.23. The van der Waals surface area contributed by atoms with Crippen LogP contribution >= 0.6 is 0 Å². The summed E-state index contributed by atoms with van der Waals surface area (Å²) in [4.78, 5) is 28.0. The zero-order valence-electron chi connectivity index (χ0n) is 17.1. The third kappa shape index (κ3) is 4.34. The monoisotopic (exact) mass is 413 g/mol. The van der Waals surface area contributed by atoms with Crippen LogP contribution in [0.2, 0.25) is 0 Å². The fourth-order valence-electron chi connectivity index (χ4n) is 3.62. The van der Waals surface area contributed by atoms with E-state index in [9.17, 15) is 9.59 Å². The SMILES string of the molecule is COC(=O)Cc1ccccc1NC(=O)c1cc(-c2cccc(CN)c2)c2cc[nH]c2c1. The number of fused-ring (bicyclic) bond motifs is 1. The Bertz CT molecular complexity index is 1260. The van der Waals surface area contributed by atoms with Crippen molar-refractivity contribution in [1.82, 2.24) is 4.98 Å². The molecule has 0 bridgehead atoms. The van der Waals surface area contributed by atoms with Gasteiger partial charge in [0.1, 0.15) is 0 Å². The lowest BCUT2D eigenvalue weighted by Crippen LogP contribution is -2.15. The van der Waals surface area contributed by atoms with Gasteiger partial charge in [0.2, 0.25) is 0 Å². The second-order valence-electron chi connectivity index (χ2n) is 7.23. The number of carbonyl (C=O) groups excluding carboxylic acids is 2. The second kappa shape index (κ2) is 8.85. The number of anilines is 1. The third-order valence-electron chi connectivity index (χ3n) is 5.23. The largest absolute Gasteiger partial charge is 0.469 e. The van der Waals surface area contributed by atoms with Crippen LogP contribution in [0.25, 0.3) is 22.0 Å². The standard InChI is InChI=1S/C25H23N3O3/c1-31-24(29)14-18-6-2-3-8-22(18)28-25(30)19-12-21(20-9-10-27-23(20)13-19)17-7-4-5-16(11-17)15-26/h2-13,27H,14-15,26H2,1H3,(H,28,30). The topological polar surface area (TPSA) is 97.2 Å². The van der Waals surface area contributed by atoms with Crippen LogP contribution in [-0.4, -0.2) is 24.0 Å². The zero-order valence-corrected chi connectivity index (χ0v) is 17.1. The molecule has 31 heavy (non-hydrogen) atoms. The predicted octanol–water partition coefficient (Wildman–Crippen LogP) is 4.26. The molecule has 0 radical (unpaired) electrons. The lowest BCUT2D eigenvalue weighted by molar-refractivity contribution is -0.139. The summed E-state index contributed by atoms with van der Waals surface area (Å²) < 4.78 is 4.76. The predicted molar refractivity (Wildman–Crippen MR) is 122 cm³/mol. The zero-order chi connectivity index (χ0) is 21.8. The Morgan fingerprint density at radius 1 is 1.03 bits per heavy atom. The van der Waals surface area contributed by atoms with Gasteiger partial charge in [0.05, 0.1) is 13.5 Å². The summed E-state index contributed by atoms with van der Waals surface area (Å²) in [5, 5.41) is 3.96. The van der Waals surface area contributed by atoms with Crippen LogP contribution in [-0.2, 0) is 22.5 Å². The van der Waals surface area contributed by atoms with Crippen LogP contribution in [0.3, 0.4) is 0 Å². The Morgan fingerprint density at radius 3 is 2.68 bits per heavy atom. The van der Waals surface area contributed by atoms with Gasteiger partial charge < -0.3 is 20.8 Å². The van der Waals surface area contributed by atoms with E-state index in [1.54, 1.807) is 12.1 Å². The van der Waals surface area contributed by atoms with E-state index in [4.69, 9.17) is 10.5 Å². The van der Waals surface area contributed by atoms with Crippen molar-refractivity contribution in [2.75, 3.05) is 12.4 Å². The molecule has 3 aromatic carbocycles. The number of benzene rings is 3. The minimum Gasteiger partial charge on any atom is -0.469 e. The number of aromatic amines is 1. The number of nitrogens with two attached hydrogens (primary N) is 1. The number of H-pyrrole nitrogens is 1. The number of hydrogen-bond acceptors (Lipinski definition) is 4. The van der Waals surface area contributed by atoms with E-state index in [2.05, 4.69) is 10.3 Å². The molecule has 0 aliphatic carbocycles. The van der Waals surface area contributed by atoms with E-state index < -0.39 is 0 Å². The molecular formula is C25H23N3O3. The molecule has 0 saturated heterocycles. The van der Waals surface area contributed by atoms with Crippen molar-refractivity contribution in [3.05, 3.63) is 89.6 Å². The minimum atomic E-state index is -0.364. The lowest BCUT2D eigenvalue weighted by atomic mass is 9.97. The molecule has 4 aromatic rings. The Kier molecular flexibility index (Phi) is 5.82. The maximum Gasteiger partial charge on any atom is 0.310 e. The molecule has 0 fully saturated rings. The van der Waals surface area contributed by atoms with Crippen molar-refractivity contribution < 1.29 is 14.3 Å². The van der Waals surface area contributed by atoms with Crippen molar-refractivity contribution in [1.29, 1.82) is 0 Å². The highest BCUT2D eigenvalue weighted by Crippen LogP contribution is 2.31. The van der Waals surface area contributed by atoms with Crippen molar-refractivity contribution >= 4 is 28.5 Å². The number of methoxy groups -OCH3 is 1. The number of hydrogen-bond donors (Lipinski definition) is 3. The number of esters is 1. The summed E-state index contributed by atoms with van der Waals surface area (Å²) in [5.41, 5.74) is 11.4. The van der Waals surface area contributed by atoms with Crippen LogP contribution in [0.1, 0.15) is 21.5 Å². The number of carbonyl (C=O) groups is 2. The van der Waals surface area contributed by atoms with E-state index in [1.165, 1.54) is 7.11 Å². The van der Waals surface area contributed by atoms with E-state index in [-0.39, 0.29) is 18.3 Å². The molecule has 4 N–H and O–H groups in total. The molecule has 1 aromatic heterocycles. The van der Waals surface area contributed by atoms with Crippen molar-refractivity contribution in [2.45, 2.75) is 13.0 Å². The molecule has 0 spiro atoms. The number of nitrogens with one attached hydrogen (secondary N) is 2. The normalized spacial score (nSPS) is 10.8. The smallest absolute Gasteiger partial charge is 0.310 e. The van der Waals surface area contributed by atoms with Gasteiger partial charge in [-0.1, -0.05) is 36.4 Å². The van der Waals surface area contributed by atoms with Gasteiger partial charge >= 0.3 is 5.97 Å². The van der Waals surface area contributed by atoms with E-state index in [1.807, 2.05) is 60.8 Å².